The fourth-order valence-electron chi connectivity index (χ4n) is 1.55. The molecule has 0 aliphatic heterocycles. The summed E-state index contributed by atoms with van der Waals surface area (Å²) >= 11 is 6.06. The highest BCUT2D eigenvalue weighted by Gasteiger charge is 2.18. The molecule has 0 aromatic carbocycles. The zero-order chi connectivity index (χ0) is 13.1. The number of hydrogen-bond donors (Lipinski definition) is 0. The van der Waals surface area contributed by atoms with E-state index in [1.165, 1.54) is 11.8 Å². The first kappa shape index (κ1) is 12.6. The third-order valence-corrected chi connectivity index (χ3v) is 2.75. The molecular weight excluding hydrogens is 254 g/mol. The molecule has 18 heavy (non-hydrogen) atoms. The number of pyridine rings is 1. The fraction of sp³-hybridized carbons (Fsp3) is 0.250. The van der Waals surface area contributed by atoms with Crippen LogP contribution in [0.4, 0.5) is 0 Å². The van der Waals surface area contributed by atoms with Gasteiger partial charge in [0, 0.05) is 6.20 Å². The Bertz CT molecular complexity index is 580. The van der Waals surface area contributed by atoms with Crippen LogP contribution in [0.3, 0.4) is 0 Å². The second kappa shape index (κ2) is 5.18. The predicted molar refractivity (Wildman–Crippen MR) is 67.1 cm³/mol. The topological polar surface area (TPSA) is 57.0 Å². The highest BCUT2D eigenvalue weighted by Crippen LogP contribution is 2.19. The lowest BCUT2D eigenvalue weighted by atomic mass is 10.3. The highest BCUT2D eigenvalue weighted by molar-refractivity contribution is 6.32. The van der Waals surface area contributed by atoms with E-state index >= 15 is 0 Å². The molecule has 2 heterocycles. The van der Waals surface area contributed by atoms with E-state index in [1.54, 1.807) is 24.4 Å². The monoisotopic (exact) mass is 265 g/mol. The first-order valence-electron chi connectivity index (χ1n) is 5.45. The summed E-state index contributed by atoms with van der Waals surface area (Å²) in [4.78, 5) is 15.8. The number of halogens is 1. The molecule has 0 aliphatic carbocycles. The molecule has 0 aliphatic rings. The quantitative estimate of drug-likeness (QED) is 0.799. The molecule has 0 saturated carbocycles. The van der Waals surface area contributed by atoms with Crippen molar-refractivity contribution in [2.45, 2.75) is 13.3 Å². The summed E-state index contributed by atoms with van der Waals surface area (Å²) in [7, 11) is 1.32. The van der Waals surface area contributed by atoms with Gasteiger partial charge < -0.3 is 4.74 Å². The van der Waals surface area contributed by atoms with Crippen molar-refractivity contribution >= 4 is 17.6 Å². The van der Waals surface area contributed by atoms with E-state index < -0.39 is 5.97 Å². The smallest absolute Gasteiger partial charge is 0.356 e. The summed E-state index contributed by atoms with van der Waals surface area (Å²) in [6.45, 7) is 1.95. The Hall–Kier alpha value is -1.88. The van der Waals surface area contributed by atoms with Crippen LogP contribution in [0.1, 0.15) is 23.1 Å². The lowest BCUT2D eigenvalue weighted by Gasteiger charge is -2.06. The van der Waals surface area contributed by atoms with Crippen molar-refractivity contribution in [2.24, 2.45) is 0 Å². The molecule has 0 amide bonds. The van der Waals surface area contributed by atoms with Gasteiger partial charge in [-0.15, -0.1) is 0 Å². The SMILES string of the molecule is CCc1cc(C(=O)OC)n(-c2ncccc2Cl)n1. The van der Waals surface area contributed by atoms with Gasteiger partial charge in [-0.1, -0.05) is 18.5 Å². The summed E-state index contributed by atoms with van der Waals surface area (Å²) in [6.07, 6.45) is 2.30. The van der Waals surface area contributed by atoms with Gasteiger partial charge in [0.25, 0.3) is 0 Å². The van der Waals surface area contributed by atoms with Crippen LogP contribution in [0.2, 0.25) is 5.02 Å². The Morgan fingerprint density at radius 2 is 2.33 bits per heavy atom. The van der Waals surface area contributed by atoms with E-state index in [1.807, 2.05) is 6.92 Å². The molecule has 0 atom stereocenters. The lowest BCUT2D eigenvalue weighted by molar-refractivity contribution is 0.0590. The van der Waals surface area contributed by atoms with Gasteiger partial charge in [-0.05, 0) is 24.6 Å². The Balaban J connectivity index is 2.59. The van der Waals surface area contributed by atoms with E-state index in [0.717, 1.165) is 5.69 Å². The number of esters is 1. The summed E-state index contributed by atoms with van der Waals surface area (Å²) in [5.41, 5.74) is 1.09. The number of rotatable bonds is 3. The number of aryl methyl sites for hydroxylation is 1. The van der Waals surface area contributed by atoms with Crippen molar-refractivity contribution in [2.75, 3.05) is 7.11 Å². The number of carbonyl (C=O) groups excluding carboxylic acids is 1. The molecule has 6 heteroatoms. The molecular formula is C12H12ClN3O2. The van der Waals surface area contributed by atoms with Crippen LogP contribution in [0.5, 0.6) is 0 Å². The maximum absolute atomic E-state index is 11.7. The van der Waals surface area contributed by atoms with Crippen LogP contribution in [-0.2, 0) is 11.2 Å². The number of hydrogen-bond acceptors (Lipinski definition) is 4. The van der Waals surface area contributed by atoms with Gasteiger partial charge in [0.05, 0.1) is 17.8 Å². The van der Waals surface area contributed by atoms with Gasteiger partial charge in [-0.25, -0.2) is 14.5 Å². The molecule has 2 aromatic heterocycles. The van der Waals surface area contributed by atoms with Crippen molar-refractivity contribution in [3.63, 3.8) is 0 Å². The number of ether oxygens (including phenoxy) is 1. The molecule has 0 spiro atoms. The summed E-state index contributed by atoms with van der Waals surface area (Å²) in [5, 5.41) is 4.72. The Kier molecular flexibility index (Phi) is 3.62. The summed E-state index contributed by atoms with van der Waals surface area (Å²) in [5.74, 6) is -0.0526. The van der Waals surface area contributed by atoms with Crippen molar-refractivity contribution in [1.82, 2.24) is 14.8 Å². The Labute approximate surface area is 109 Å². The third-order valence-electron chi connectivity index (χ3n) is 2.46. The molecule has 0 saturated heterocycles. The maximum atomic E-state index is 11.7. The zero-order valence-electron chi connectivity index (χ0n) is 10.1. The molecule has 94 valence electrons. The van der Waals surface area contributed by atoms with Gasteiger partial charge >= 0.3 is 5.97 Å². The van der Waals surface area contributed by atoms with E-state index in [9.17, 15) is 4.79 Å². The summed E-state index contributed by atoms with van der Waals surface area (Å²) in [6, 6.07) is 5.09. The number of methoxy groups -OCH3 is 1. The maximum Gasteiger partial charge on any atom is 0.356 e. The first-order chi connectivity index (χ1) is 8.67. The normalized spacial score (nSPS) is 10.4. The van der Waals surface area contributed by atoms with Crippen molar-refractivity contribution in [3.8, 4) is 5.82 Å². The van der Waals surface area contributed by atoms with E-state index in [4.69, 9.17) is 16.3 Å². The number of aromatic nitrogens is 3. The van der Waals surface area contributed by atoms with Gasteiger partial charge in [-0.3, -0.25) is 0 Å². The molecule has 0 radical (unpaired) electrons. The largest absolute Gasteiger partial charge is 0.464 e. The second-order valence-electron chi connectivity index (χ2n) is 3.59. The van der Waals surface area contributed by atoms with Gasteiger partial charge in [-0.2, -0.15) is 5.10 Å². The van der Waals surface area contributed by atoms with Crippen molar-refractivity contribution < 1.29 is 9.53 Å². The molecule has 0 N–H and O–H groups in total. The minimum absolute atomic E-state index is 0.315. The van der Waals surface area contributed by atoms with Crippen LogP contribution < -0.4 is 0 Å². The zero-order valence-corrected chi connectivity index (χ0v) is 10.8. The average Bonchev–Trinajstić information content (AvgIpc) is 2.82. The van der Waals surface area contributed by atoms with Crippen LogP contribution in [-0.4, -0.2) is 27.8 Å². The first-order valence-corrected chi connectivity index (χ1v) is 5.83. The third kappa shape index (κ3) is 2.22. The molecule has 0 unspecified atom stereocenters. The van der Waals surface area contributed by atoms with E-state index in [2.05, 4.69) is 10.1 Å². The highest BCUT2D eigenvalue weighted by atomic mass is 35.5. The minimum Gasteiger partial charge on any atom is -0.464 e. The summed E-state index contributed by atoms with van der Waals surface area (Å²) < 4.78 is 6.14. The number of nitrogens with zero attached hydrogens (tertiary/aromatic N) is 3. The lowest BCUT2D eigenvalue weighted by Crippen LogP contribution is -2.11. The van der Waals surface area contributed by atoms with Crippen LogP contribution in [0.15, 0.2) is 24.4 Å². The molecule has 0 fully saturated rings. The average molecular weight is 266 g/mol. The van der Waals surface area contributed by atoms with E-state index in [0.29, 0.717) is 23.0 Å². The molecule has 0 bridgehead atoms. The van der Waals surface area contributed by atoms with Gasteiger partial charge in [0.1, 0.15) is 0 Å². The molecule has 5 nitrogen and oxygen atoms in total. The van der Waals surface area contributed by atoms with Crippen LogP contribution >= 0.6 is 11.6 Å². The fourth-order valence-corrected chi connectivity index (χ4v) is 1.75. The second-order valence-corrected chi connectivity index (χ2v) is 3.99. The van der Waals surface area contributed by atoms with Crippen LogP contribution in [0, 0.1) is 0 Å². The minimum atomic E-state index is -0.469. The van der Waals surface area contributed by atoms with Crippen LogP contribution in [0.25, 0.3) is 5.82 Å². The van der Waals surface area contributed by atoms with E-state index in [-0.39, 0.29) is 0 Å². The Morgan fingerprint density at radius 1 is 1.56 bits per heavy atom. The van der Waals surface area contributed by atoms with Gasteiger partial charge in [0.15, 0.2) is 11.5 Å². The standard InChI is InChI=1S/C12H12ClN3O2/c1-3-8-7-10(12(17)18-2)16(15-8)11-9(13)5-4-6-14-11/h4-7H,3H2,1-2H3. The van der Waals surface area contributed by atoms with Crippen molar-refractivity contribution in [1.29, 1.82) is 0 Å². The van der Waals surface area contributed by atoms with Crippen molar-refractivity contribution in [3.05, 3.63) is 40.8 Å². The molecule has 2 aromatic rings. The predicted octanol–water partition coefficient (Wildman–Crippen LogP) is 2.27. The molecule has 2 rings (SSSR count). The number of carbonyl (C=O) groups is 1. The van der Waals surface area contributed by atoms with Gasteiger partial charge in [0.2, 0.25) is 0 Å². The Morgan fingerprint density at radius 3 is 2.94 bits per heavy atom.